The van der Waals surface area contributed by atoms with E-state index in [-0.39, 0.29) is 18.1 Å². The molecule has 0 saturated carbocycles. The Morgan fingerprint density at radius 1 is 1.04 bits per heavy atom. The first-order chi connectivity index (χ1) is 12.3. The predicted molar refractivity (Wildman–Crippen MR) is 84.8 cm³/mol. The zero-order valence-electron chi connectivity index (χ0n) is 13.7. The van der Waals surface area contributed by atoms with Crippen LogP contribution in [0.4, 0.5) is 18.0 Å². The monoisotopic (exact) mass is 373 g/mol. The summed E-state index contributed by atoms with van der Waals surface area (Å²) in [6.45, 7) is 2.96. The molecule has 142 valence electrons. The van der Waals surface area contributed by atoms with Gasteiger partial charge in [-0.2, -0.15) is 13.2 Å². The van der Waals surface area contributed by atoms with E-state index in [1.165, 1.54) is 17.6 Å². The number of alkyl halides is 3. The number of hydrogen-bond acceptors (Lipinski definition) is 4. The van der Waals surface area contributed by atoms with Gasteiger partial charge in [0.15, 0.2) is 0 Å². The predicted octanol–water partition coefficient (Wildman–Crippen LogP) is 0.125. The average Bonchev–Trinajstić information content (AvgIpc) is 2.64. The lowest BCUT2D eigenvalue weighted by molar-refractivity contribution is -0.174. The van der Waals surface area contributed by atoms with Crippen LogP contribution in [0.15, 0.2) is 24.3 Å². The number of rotatable bonds is 3. The lowest BCUT2D eigenvalue weighted by Gasteiger charge is -2.27. The van der Waals surface area contributed by atoms with Crippen LogP contribution in [-0.2, 0) is 11.3 Å². The number of hydrazine groups is 1. The summed E-state index contributed by atoms with van der Waals surface area (Å²) in [6, 6.07) is 5.67. The van der Waals surface area contributed by atoms with Gasteiger partial charge in [0.05, 0.1) is 0 Å². The van der Waals surface area contributed by atoms with Crippen molar-refractivity contribution in [3.63, 3.8) is 0 Å². The van der Waals surface area contributed by atoms with Crippen LogP contribution in [0.25, 0.3) is 0 Å². The second kappa shape index (κ2) is 8.52. The molecule has 1 aliphatic heterocycles. The van der Waals surface area contributed by atoms with E-state index in [4.69, 9.17) is 0 Å². The first-order valence-electron chi connectivity index (χ1n) is 7.77. The Labute approximate surface area is 147 Å². The van der Waals surface area contributed by atoms with Gasteiger partial charge in [0, 0.05) is 38.3 Å². The highest BCUT2D eigenvalue weighted by Gasteiger charge is 2.38. The van der Waals surface area contributed by atoms with Gasteiger partial charge in [-0.3, -0.25) is 20.4 Å². The van der Waals surface area contributed by atoms with Gasteiger partial charge in [0.2, 0.25) is 0 Å². The second-order valence-electron chi connectivity index (χ2n) is 5.50. The number of carbonyl (C=O) groups is 3. The highest BCUT2D eigenvalue weighted by atomic mass is 19.4. The average molecular weight is 373 g/mol. The minimum absolute atomic E-state index is 0.0599. The van der Waals surface area contributed by atoms with Gasteiger partial charge in [-0.25, -0.2) is 4.79 Å². The first-order valence-corrected chi connectivity index (χ1v) is 7.77. The Balaban J connectivity index is 1.80. The normalized spacial score (nSPS) is 14.5. The standard InChI is InChI=1S/C15H18F3N5O3/c16-15(17,18)13(25)22-21-12(24)11-3-1-10(2-4-11)9-20-14(26)23-7-5-19-6-8-23/h1-4,19H,5-9H2,(H,20,26)(H,21,24)(H,22,25). The fourth-order valence-electron chi connectivity index (χ4n) is 2.19. The number of hydrogen-bond donors (Lipinski definition) is 4. The molecule has 1 heterocycles. The maximum absolute atomic E-state index is 12.0. The van der Waals surface area contributed by atoms with Crippen molar-refractivity contribution in [1.82, 2.24) is 26.4 Å². The molecule has 0 aliphatic carbocycles. The highest BCUT2D eigenvalue weighted by Crippen LogP contribution is 2.13. The molecule has 0 bridgehead atoms. The minimum Gasteiger partial charge on any atom is -0.334 e. The van der Waals surface area contributed by atoms with Crippen LogP contribution in [0.2, 0.25) is 0 Å². The fraction of sp³-hybridized carbons (Fsp3) is 0.400. The summed E-state index contributed by atoms with van der Waals surface area (Å²) in [4.78, 5) is 36.0. The number of urea groups is 1. The van der Waals surface area contributed by atoms with Gasteiger partial charge in [0.25, 0.3) is 5.91 Å². The van der Waals surface area contributed by atoms with Crippen LogP contribution >= 0.6 is 0 Å². The maximum Gasteiger partial charge on any atom is 0.472 e. The van der Waals surface area contributed by atoms with E-state index in [9.17, 15) is 27.6 Å². The number of piperazine rings is 1. The summed E-state index contributed by atoms with van der Waals surface area (Å²) in [5, 5.41) is 5.89. The van der Waals surface area contributed by atoms with Crippen LogP contribution in [-0.4, -0.2) is 55.1 Å². The van der Waals surface area contributed by atoms with Crippen molar-refractivity contribution >= 4 is 17.8 Å². The first kappa shape index (κ1) is 19.5. The van der Waals surface area contributed by atoms with E-state index in [0.717, 1.165) is 13.1 Å². The van der Waals surface area contributed by atoms with Gasteiger partial charge >= 0.3 is 18.1 Å². The maximum atomic E-state index is 12.0. The summed E-state index contributed by atoms with van der Waals surface area (Å²) in [5.74, 6) is -3.16. The largest absolute Gasteiger partial charge is 0.472 e. The molecule has 1 aromatic carbocycles. The van der Waals surface area contributed by atoms with Crippen LogP contribution in [0.1, 0.15) is 15.9 Å². The quantitative estimate of drug-likeness (QED) is 0.566. The Kier molecular flexibility index (Phi) is 6.39. The Hall–Kier alpha value is -2.82. The molecule has 8 nitrogen and oxygen atoms in total. The molecule has 1 fully saturated rings. The summed E-state index contributed by atoms with van der Waals surface area (Å²) in [5.41, 5.74) is 3.73. The molecule has 0 aromatic heterocycles. The van der Waals surface area contributed by atoms with Crippen molar-refractivity contribution in [2.75, 3.05) is 26.2 Å². The smallest absolute Gasteiger partial charge is 0.334 e. The van der Waals surface area contributed by atoms with E-state index in [2.05, 4.69) is 10.6 Å². The fourth-order valence-corrected chi connectivity index (χ4v) is 2.19. The molecular formula is C15H18F3N5O3. The topological polar surface area (TPSA) is 103 Å². The van der Waals surface area contributed by atoms with E-state index in [1.54, 1.807) is 22.5 Å². The third-order valence-corrected chi connectivity index (χ3v) is 3.61. The molecule has 11 heteroatoms. The van der Waals surface area contributed by atoms with Gasteiger partial charge in [0.1, 0.15) is 0 Å². The van der Waals surface area contributed by atoms with Crippen molar-refractivity contribution in [1.29, 1.82) is 0 Å². The Morgan fingerprint density at radius 2 is 1.65 bits per heavy atom. The molecule has 1 aromatic rings. The number of halogens is 3. The Morgan fingerprint density at radius 3 is 2.23 bits per heavy atom. The molecule has 1 saturated heterocycles. The van der Waals surface area contributed by atoms with E-state index in [0.29, 0.717) is 18.7 Å². The zero-order valence-corrected chi connectivity index (χ0v) is 13.7. The van der Waals surface area contributed by atoms with E-state index < -0.39 is 18.0 Å². The molecule has 26 heavy (non-hydrogen) atoms. The van der Waals surface area contributed by atoms with Crippen LogP contribution in [0, 0.1) is 0 Å². The highest BCUT2D eigenvalue weighted by molar-refractivity contribution is 5.95. The number of nitrogens with zero attached hydrogens (tertiary/aromatic N) is 1. The minimum atomic E-state index is -5.08. The van der Waals surface area contributed by atoms with Crippen molar-refractivity contribution in [3.8, 4) is 0 Å². The van der Waals surface area contributed by atoms with E-state index in [1.807, 2.05) is 0 Å². The Bertz CT molecular complexity index is 657. The van der Waals surface area contributed by atoms with Crippen molar-refractivity contribution in [3.05, 3.63) is 35.4 Å². The van der Waals surface area contributed by atoms with Crippen molar-refractivity contribution in [2.24, 2.45) is 0 Å². The second-order valence-corrected chi connectivity index (χ2v) is 5.50. The molecule has 2 rings (SSSR count). The molecule has 0 spiro atoms. The lowest BCUT2D eigenvalue weighted by Crippen LogP contribution is -2.50. The van der Waals surface area contributed by atoms with Crippen LogP contribution < -0.4 is 21.5 Å². The van der Waals surface area contributed by atoms with Crippen LogP contribution in [0.3, 0.4) is 0 Å². The zero-order chi connectivity index (χ0) is 19.2. The third-order valence-electron chi connectivity index (χ3n) is 3.61. The molecule has 0 atom stereocenters. The number of amides is 4. The molecule has 1 aliphatic rings. The summed E-state index contributed by atoms with van der Waals surface area (Å²) >= 11 is 0. The number of nitrogens with one attached hydrogen (secondary N) is 4. The summed E-state index contributed by atoms with van der Waals surface area (Å²) in [7, 11) is 0. The van der Waals surface area contributed by atoms with Crippen molar-refractivity contribution in [2.45, 2.75) is 12.7 Å². The van der Waals surface area contributed by atoms with Crippen molar-refractivity contribution < 1.29 is 27.6 Å². The van der Waals surface area contributed by atoms with Gasteiger partial charge in [-0.15, -0.1) is 0 Å². The summed E-state index contributed by atoms with van der Waals surface area (Å²) in [6.07, 6.45) is -5.08. The third kappa shape index (κ3) is 5.62. The van der Waals surface area contributed by atoms with Crippen LogP contribution in [0.5, 0.6) is 0 Å². The number of benzene rings is 1. The SMILES string of the molecule is O=C(NNC(=O)C(F)(F)F)c1ccc(CNC(=O)N2CCNCC2)cc1. The molecule has 0 unspecified atom stereocenters. The molecule has 0 radical (unpaired) electrons. The van der Waals surface area contributed by atoms with Gasteiger partial charge in [-0.05, 0) is 17.7 Å². The molecule has 4 N–H and O–H groups in total. The molecule has 4 amide bonds. The van der Waals surface area contributed by atoms with Gasteiger partial charge < -0.3 is 15.5 Å². The van der Waals surface area contributed by atoms with Gasteiger partial charge in [-0.1, -0.05) is 12.1 Å². The number of carbonyl (C=O) groups excluding carboxylic acids is 3. The lowest BCUT2D eigenvalue weighted by atomic mass is 10.1. The van der Waals surface area contributed by atoms with E-state index >= 15 is 0 Å². The molecular weight excluding hydrogens is 355 g/mol. The summed E-state index contributed by atoms with van der Waals surface area (Å²) < 4.78 is 36.1.